The Morgan fingerprint density at radius 3 is 3.05 bits per heavy atom. The summed E-state index contributed by atoms with van der Waals surface area (Å²) in [5.41, 5.74) is 6.88. The van der Waals surface area contributed by atoms with Crippen molar-refractivity contribution in [2.45, 2.75) is 19.4 Å². The fourth-order valence-electron chi connectivity index (χ4n) is 1.50. The van der Waals surface area contributed by atoms with Gasteiger partial charge in [-0.1, -0.05) is 6.07 Å². The molecule has 0 radical (unpaired) electrons. The lowest BCUT2D eigenvalue weighted by atomic mass is 10.2. The first kappa shape index (κ1) is 15.7. The summed E-state index contributed by atoms with van der Waals surface area (Å²) in [6, 6.07) is 5.79. The van der Waals surface area contributed by atoms with Gasteiger partial charge in [0.25, 0.3) is 5.91 Å². The summed E-state index contributed by atoms with van der Waals surface area (Å²) in [6.07, 6.45) is 0.758. The van der Waals surface area contributed by atoms with Crippen LogP contribution in [0, 0.1) is 0 Å². The zero-order chi connectivity index (χ0) is 13.0. The molecule has 7 heteroatoms. The maximum Gasteiger partial charge on any atom is 0.271 e. The average molecular weight is 301 g/mol. The summed E-state index contributed by atoms with van der Waals surface area (Å²) in [5.74, 6) is -0.172. The van der Waals surface area contributed by atoms with Crippen molar-refractivity contribution >= 4 is 29.7 Å². The zero-order valence-electron chi connectivity index (χ0n) is 10.6. The number of nitrogens with zero attached hydrogens (tertiary/aromatic N) is 1. The molecule has 2 rings (SSSR count). The number of rotatable bonds is 5. The molecule has 5 nitrogen and oxygen atoms in total. The molecule has 104 valence electrons. The molecule has 0 spiro atoms. The second-order valence-electron chi connectivity index (χ2n) is 4.17. The Bertz CT molecular complexity index is 510. The second-order valence-corrected chi connectivity index (χ2v) is 5.11. The first-order chi connectivity index (χ1) is 8.66. The third kappa shape index (κ3) is 4.34. The van der Waals surface area contributed by atoms with Crippen molar-refractivity contribution in [1.29, 1.82) is 0 Å². The van der Waals surface area contributed by atoms with E-state index in [1.807, 2.05) is 24.4 Å². The van der Waals surface area contributed by atoms with Gasteiger partial charge in [0.15, 0.2) is 5.69 Å². The van der Waals surface area contributed by atoms with Crippen molar-refractivity contribution in [1.82, 2.24) is 15.5 Å². The number of H-pyrrole nitrogens is 1. The lowest BCUT2D eigenvalue weighted by molar-refractivity contribution is 0.0948. The standard InChI is InChI=1S/C12H16N4OS.ClH/c1-8(13)4-5-14-12(17)10-7-9(15-16-10)11-3-2-6-18-11;/h2-3,6-8H,4-5,13H2,1H3,(H,14,17)(H,15,16);1H. The minimum Gasteiger partial charge on any atom is -0.351 e. The molecular formula is C12H17ClN4OS. The van der Waals surface area contributed by atoms with E-state index in [4.69, 9.17) is 5.73 Å². The Morgan fingerprint density at radius 2 is 2.42 bits per heavy atom. The monoisotopic (exact) mass is 300 g/mol. The highest BCUT2D eigenvalue weighted by atomic mass is 35.5. The Labute approximate surface area is 122 Å². The van der Waals surface area contributed by atoms with Gasteiger partial charge in [0.1, 0.15) is 0 Å². The highest BCUT2D eigenvalue weighted by Gasteiger charge is 2.11. The maximum absolute atomic E-state index is 11.8. The smallest absolute Gasteiger partial charge is 0.271 e. The number of nitrogens with two attached hydrogens (primary N) is 1. The Kier molecular flexibility index (Phi) is 6.01. The first-order valence-electron chi connectivity index (χ1n) is 5.80. The fraction of sp³-hybridized carbons (Fsp3) is 0.333. The van der Waals surface area contributed by atoms with E-state index in [2.05, 4.69) is 15.5 Å². The van der Waals surface area contributed by atoms with Crippen LogP contribution in [-0.2, 0) is 0 Å². The van der Waals surface area contributed by atoms with Crippen LogP contribution in [-0.4, -0.2) is 28.7 Å². The normalized spacial score (nSPS) is 11.7. The summed E-state index contributed by atoms with van der Waals surface area (Å²) < 4.78 is 0. The highest BCUT2D eigenvalue weighted by molar-refractivity contribution is 7.13. The molecule has 0 saturated heterocycles. The number of thiophene rings is 1. The van der Waals surface area contributed by atoms with Crippen LogP contribution in [0.3, 0.4) is 0 Å². The van der Waals surface area contributed by atoms with Gasteiger partial charge in [0.05, 0.1) is 10.6 Å². The minimum absolute atomic E-state index is 0. The van der Waals surface area contributed by atoms with Crippen LogP contribution in [0.15, 0.2) is 23.6 Å². The van der Waals surface area contributed by atoms with Gasteiger partial charge in [-0.3, -0.25) is 9.89 Å². The van der Waals surface area contributed by atoms with E-state index in [9.17, 15) is 4.79 Å². The lowest BCUT2D eigenvalue weighted by Gasteiger charge is -2.05. The molecule has 2 heterocycles. The molecule has 19 heavy (non-hydrogen) atoms. The number of carbonyl (C=O) groups is 1. The Balaban J connectivity index is 0.00000180. The third-order valence-corrected chi connectivity index (χ3v) is 3.39. The second kappa shape index (κ2) is 7.28. The van der Waals surface area contributed by atoms with Crippen LogP contribution in [0.2, 0.25) is 0 Å². The van der Waals surface area contributed by atoms with Crippen molar-refractivity contribution in [3.8, 4) is 10.6 Å². The Morgan fingerprint density at radius 1 is 1.63 bits per heavy atom. The largest absolute Gasteiger partial charge is 0.351 e. The number of hydrogen-bond acceptors (Lipinski definition) is 4. The van der Waals surface area contributed by atoms with Crippen LogP contribution < -0.4 is 11.1 Å². The van der Waals surface area contributed by atoms with Gasteiger partial charge >= 0.3 is 0 Å². The summed E-state index contributed by atoms with van der Waals surface area (Å²) >= 11 is 1.60. The molecule has 1 unspecified atom stereocenters. The van der Waals surface area contributed by atoms with Gasteiger partial charge in [0, 0.05) is 12.6 Å². The predicted molar refractivity (Wildman–Crippen MR) is 79.7 cm³/mol. The van der Waals surface area contributed by atoms with E-state index in [-0.39, 0.29) is 24.4 Å². The first-order valence-corrected chi connectivity index (χ1v) is 6.68. The fourth-order valence-corrected chi connectivity index (χ4v) is 2.19. The molecule has 0 fully saturated rings. The number of aromatic amines is 1. The highest BCUT2D eigenvalue weighted by Crippen LogP contribution is 2.22. The summed E-state index contributed by atoms with van der Waals surface area (Å²) in [4.78, 5) is 12.8. The summed E-state index contributed by atoms with van der Waals surface area (Å²) in [6.45, 7) is 2.48. The molecule has 1 atom stereocenters. The summed E-state index contributed by atoms with van der Waals surface area (Å²) in [7, 11) is 0. The average Bonchev–Trinajstić information content (AvgIpc) is 2.99. The molecule has 2 aromatic heterocycles. The number of halogens is 1. The zero-order valence-corrected chi connectivity index (χ0v) is 12.2. The van der Waals surface area contributed by atoms with Crippen molar-refractivity contribution < 1.29 is 4.79 Å². The van der Waals surface area contributed by atoms with E-state index in [1.165, 1.54) is 0 Å². The number of amides is 1. The molecule has 1 amide bonds. The van der Waals surface area contributed by atoms with Crippen LogP contribution >= 0.6 is 23.7 Å². The van der Waals surface area contributed by atoms with Crippen molar-refractivity contribution in [3.63, 3.8) is 0 Å². The maximum atomic E-state index is 11.8. The number of hydrogen-bond donors (Lipinski definition) is 3. The van der Waals surface area contributed by atoms with Crippen molar-refractivity contribution in [2.75, 3.05) is 6.54 Å². The molecule has 0 aliphatic rings. The van der Waals surface area contributed by atoms with Gasteiger partial charge in [0.2, 0.25) is 0 Å². The van der Waals surface area contributed by atoms with Crippen molar-refractivity contribution in [3.05, 3.63) is 29.3 Å². The van der Waals surface area contributed by atoms with E-state index >= 15 is 0 Å². The molecule has 4 N–H and O–H groups in total. The molecule has 2 aromatic rings. The minimum atomic E-state index is -0.172. The van der Waals surface area contributed by atoms with E-state index < -0.39 is 0 Å². The van der Waals surface area contributed by atoms with Crippen molar-refractivity contribution in [2.24, 2.45) is 5.73 Å². The van der Waals surface area contributed by atoms with E-state index in [0.717, 1.165) is 17.0 Å². The third-order valence-electron chi connectivity index (χ3n) is 2.48. The molecule has 0 aliphatic heterocycles. The van der Waals surface area contributed by atoms with Gasteiger partial charge in [-0.15, -0.1) is 23.7 Å². The SMILES string of the molecule is CC(N)CCNC(=O)c1cc(-c2cccs2)[nH]n1.Cl. The summed E-state index contributed by atoms with van der Waals surface area (Å²) in [5, 5.41) is 11.6. The van der Waals surface area contributed by atoms with E-state index in [1.54, 1.807) is 17.4 Å². The topological polar surface area (TPSA) is 83.8 Å². The Hall–Kier alpha value is -1.37. The van der Waals surface area contributed by atoms with Crippen LogP contribution in [0.25, 0.3) is 10.6 Å². The molecule has 0 aliphatic carbocycles. The molecular weight excluding hydrogens is 284 g/mol. The quantitative estimate of drug-likeness (QED) is 0.790. The van der Waals surface area contributed by atoms with Crippen LogP contribution in [0.4, 0.5) is 0 Å². The van der Waals surface area contributed by atoms with Crippen LogP contribution in [0.5, 0.6) is 0 Å². The molecule has 0 saturated carbocycles. The lowest BCUT2D eigenvalue weighted by Crippen LogP contribution is -2.29. The van der Waals surface area contributed by atoms with E-state index in [0.29, 0.717) is 12.2 Å². The number of nitrogens with one attached hydrogen (secondary N) is 2. The predicted octanol–water partition coefficient (Wildman–Crippen LogP) is 2.03. The molecule has 0 aromatic carbocycles. The van der Waals surface area contributed by atoms with Gasteiger partial charge < -0.3 is 11.1 Å². The molecule has 0 bridgehead atoms. The van der Waals surface area contributed by atoms with Gasteiger partial charge in [-0.25, -0.2) is 0 Å². The van der Waals surface area contributed by atoms with Gasteiger partial charge in [-0.05, 0) is 30.9 Å². The van der Waals surface area contributed by atoms with Gasteiger partial charge in [-0.2, -0.15) is 5.10 Å². The number of carbonyl (C=O) groups excluding carboxylic acids is 1. The van der Waals surface area contributed by atoms with Crippen LogP contribution in [0.1, 0.15) is 23.8 Å². The number of aromatic nitrogens is 2.